The molecule has 0 saturated carbocycles. The van der Waals surface area contributed by atoms with Crippen molar-refractivity contribution in [1.29, 1.82) is 0 Å². The summed E-state index contributed by atoms with van der Waals surface area (Å²) >= 11 is 0. The molecule has 5 rings (SSSR count). The highest BCUT2D eigenvalue weighted by atomic mass is 19.2. The van der Waals surface area contributed by atoms with Gasteiger partial charge >= 0.3 is 0 Å². The molecule has 2 aliphatic heterocycles. The molecule has 4 heterocycles. The van der Waals surface area contributed by atoms with Gasteiger partial charge in [0.05, 0.1) is 25.0 Å². The predicted octanol–water partition coefficient (Wildman–Crippen LogP) is 1.22. The normalized spacial score (nSPS) is 27.0. The van der Waals surface area contributed by atoms with E-state index >= 15 is 0 Å². The highest BCUT2D eigenvalue weighted by molar-refractivity contribution is 5.57. The summed E-state index contributed by atoms with van der Waals surface area (Å²) in [6.45, 7) is 1.07. The molecule has 2 fully saturated rings. The number of hydrogen-bond donors (Lipinski definition) is 2. The molecular weight excluding hydrogens is 497 g/mol. The van der Waals surface area contributed by atoms with Gasteiger partial charge in [0.15, 0.2) is 17.5 Å². The molecule has 37 heavy (non-hydrogen) atoms. The number of methoxy groups -OCH3 is 1. The molecule has 0 aliphatic carbocycles. The Morgan fingerprint density at radius 1 is 1.05 bits per heavy atom. The number of aromatic nitrogens is 6. The van der Waals surface area contributed by atoms with E-state index in [4.69, 9.17) is 14.2 Å². The summed E-state index contributed by atoms with van der Waals surface area (Å²) < 4.78 is 60.9. The Kier molecular flexibility index (Phi) is 7.53. The molecule has 0 spiro atoms. The first-order chi connectivity index (χ1) is 17.9. The zero-order chi connectivity index (χ0) is 26.1. The van der Waals surface area contributed by atoms with Crippen LogP contribution in [0.2, 0.25) is 0 Å². The van der Waals surface area contributed by atoms with E-state index < -0.39 is 54.5 Å². The zero-order valence-electron chi connectivity index (χ0n) is 20.0. The van der Waals surface area contributed by atoms with Gasteiger partial charge in [0, 0.05) is 38.0 Å². The van der Waals surface area contributed by atoms with Crippen LogP contribution in [0.4, 0.5) is 13.2 Å². The topological polar surface area (TPSA) is 130 Å². The highest BCUT2D eigenvalue weighted by Crippen LogP contribution is 2.34. The van der Waals surface area contributed by atoms with E-state index in [0.29, 0.717) is 13.2 Å². The maximum Gasteiger partial charge on any atom is 0.194 e. The van der Waals surface area contributed by atoms with Crippen molar-refractivity contribution in [2.24, 2.45) is 0 Å². The number of hydrogen-bond acceptors (Lipinski definition) is 9. The standard InChI is InChI=1S/C23H27F3N6O5/c1-35-23-18(10-31-8-16(27-29-31)12-2-4-36-5-3-12)37-19(11-33)22(34)21(23)32-9-17(28-30-32)13-6-14(24)20(26)15(25)7-13/h6-9,12,18-19,21-23,33-34H,2-5,10-11H2,1H3/t18-,19-,21+,22+,23+/m1/s1. The van der Waals surface area contributed by atoms with Gasteiger partial charge in [0.1, 0.15) is 36.2 Å². The Morgan fingerprint density at radius 3 is 2.46 bits per heavy atom. The fraction of sp³-hybridized carbons (Fsp3) is 0.565. The van der Waals surface area contributed by atoms with Gasteiger partial charge in [0.2, 0.25) is 0 Å². The summed E-state index contributed by atoms with van der Waals surface area (Å²) in [5, 5.41) is 37.3. The molecule has 0 radical (unpaired) electrons. The third-order valence-electron chi connectivity index (χ3n) is 6.89. The van der Waals surface area contributed by atoms with E-state index in [1.807, 2.05) is 6.20 Å². The Bertz CT molecular complexity index is 1200. The number of rotatable bonds is 7. The molecule has 14 heteroatoms. The molecule has 1 aromatic carbocycles. The lowest BCUT2D eigenvalue weighted by Crippen LogP contribution is -2.57. The third-order valence-corrected chi connectivity index (χ3v) is 6.89. The smallest absolute Gasteiger partial charge is 0.194 e. The van der Waals surface area contributed by atoms with Gasteiger partial charge in [-0.2, -0.15) is 0 Å². The first kappa shape index (κ1) is 25.7. The first-order valence-electron chi connectivity index (χ1n) is 11.9. The second-order valence-electron chi connectivity index (χ2n) is 9.17. The van der Waals surface area contributed by atoms with Crippen LogP contribution < -0.4 is 0 Å². The van der Waals surface area contributed by atoms with E-state index in [1.54, 1.807) is 4.68 Å². The Labute approximate surface area is 209 Å². The van der Waals surface area contributed by atoms with Crippen molar-refractivity contribution in [2.45, 2.75) is 55.8 Å². The van der Waals surface area contributed by atoms with Gasteiger partial charge in [-0.05, 0) is 25.0 Å². The van der Waals surface area contributed by atoms with Gasteiger partial charge < -0.3 is 24.4 Å². The van der Waals surface area contributed by atoms with Crippen LogP contribution in [-0.4, -0.2) is 91.5 Å². The molecule has 5 atom stereocenters. The molecule has 0 unspecified atom stereocenters. The molecule has 0 bridgehead atoms. The largest absolute Gasteiger partial charge is 0.394 e. The predicted molar refractivity (Wildman–Crippen MR) is 120 cm³/mol. The van der Waals surface area contributed by atoms with Gasteiger partial charge in [-0.15, -0.1) is 10.2 Å². The molecule has 3 aromatic rings. The summed E-state index contributed by atoms with van der Waals surface area (Å²) in [6, 6.07) is 0.734. The van der Waals surface area contributed by atoms with Crippen LogP contribution in [0, 0.1) is 17.5 Å². The molecule has 2 N–H and O–H groups in total. The number of aliphatic hydroxyl groups excluding tert-OH is 2. The van der Waals surface area contributed by atoms with Crippen LogP contribution in [0.15, 0.2) is 24.5 Å². The zero-order valence-corrected chi connectivity index (χ0v) is 20.0. The van der Waals surface area contributed by atoms with E-state index in [9.17, 15) is 23.4 Å². The summed E-state index contributed by atoms with van der Waals surface area (Å²) in [4.78, 5) is 0. The van der Waals surface area contributed by atoms with Crippen LogP contribution in [0.25, 0.3) is 11.3 Å². The Morgan fingerprint density at radius 2 is 1.78 bits per heavy atom. The molecule has 2 aliphatic rings. The molecule has 200 valence electrons. The number of aliphatic hydroxyl groups is 2. The third kappa shape index (κ3) is 5.11. The highest BCUT2D eigenvalue weighted by Gasteiger charge is 2.47. The van der Waals surface area contributed by atoms with Crippen LogP contribution >= 0.6 is 0 Å². The maximum atomic E-state index is 13.7. The van der Waals surface area contributed by atoms with Gasteiger partial charge in [-0.3, -0.25) is 0 Å². The lowest BCUT2D eigenvalue weighted by molar-refractivity contribution is -0.216. The van der Waals surface area contributed by atoms with Crippen molar-refractivity contribution in [3.8, 4) is 11.3 Å². The van der Waals surface area contributed by atoms with Crippen LogP contribution in [-0.2, 0) is 20.8 Å². The van der Waals surface area contributed by atoms with Crippen molar-refractivity contribution in [1.82, 2.24) is 30.0 Å². The number of halogens is 3. The minimum Gasteiger partial charge on any atom is -0.394 e. The summed E-state index contributed by atoms with van der Waals surface area (Å²) in [5.41, 5.74) is 0.876. The van der Waals surface area contributed by atoms with E-state index in [-0.39, 0.29) is 23.7 Å². The monoisotopic (exact) mass is 524 g/mol. The second-order valence-corrected chi connectivity index (χ2v) is 9.17. The molecule has 2 aromatic heterocycles. The van der Waals surface area contributed by atoms with Gasteiger partial charge in [0.25, 0.3) is 0 Å². The van der Waals surface area contributed by atoms with E-state index in [2.05, 4.69) is 20.6 Å². The SMILES string of the molecule is CO[C@@H]1[C@@H](n2cc(-c3cc(F)c(F)c(F)c3)nn2)[C@@H](O)[C@@H](CO)O[C@@H]1Cn1cc(C2CCOCC2)nn1. The molecule has 11 nitrogen and oxygen atoms in total. The van der Waals surface area contributed by atoms with Gasteiger partial charge in [-0.25, -0.2) is 22.5 Å². The molecular formula is C23H27F3N6O5. The second kappa shape index (κ2) is 10.8. The minimum absolute atomic E-state index is 0.0309. The average Bonchev–Trinajstić information content (AvgIpc) is 3.58. The quantitative estimate of drug-likeness (QED) is 0.439. The first-order valence-corrected chi connectivity index (χ1v) is 11.9. The van der Waals surface area contributed by atoms with Gasteiger partial charge in [-0.1, -0.05) is 10.4 Å². The van der Waals surface area contributed by atoms with Crippen molar-refractivity contribution in [2.75, 3.05) is 26.9 Å². The fourth-order valence-electron chi connectivity index (χ4n) is 4.94. The summed E-state index contributed by atoms with van der Waals surface area (Å²) in [6.07, 6.45) is 1.24. The van der Waals surface area contributed by atoms with Crippen LogP contribution in [0.3, 0.4) is 0 Å². The Hall–Kier alpha value is -2.91. The number of benzene rings is 1. The van der Waals surface area contributed by atoms with Crippen LogP contribution in [0.1, 0.15) is 30.5 Å². The lowest BCUT2D eigenvalue weighted by atomic mass is 9.92. The maximum absolute atomic E-state index is 13.7. The number of ether oxygens (including phenoxy) is 3. The van der Waals surface area contributed by atoms with Crippen molar-refractivity contribution < 1.29 is 37.6 Å². The Balaban J connectivity index is 1.40. The van der Waals surface area contributed by atoms with Crippen molar-refractivity contribution in [3.05, 3.63) is 47.7 Å². The molecule has 0 amide bonds. The average molecular weight is 525 g/mol. The lowest BCUT2D eigenvalue weighted by Gasteiger charge is -2.43. The molecule has 2 saturated heterocycles. The van der Waals surface area contributed by atoms with E-state index in [1.165, 1.54) is 18.0 Å². The summed E-state index contributed by atoms with van der Waals surface area (Å²) in [5.74, 6) is -4.06. The number of nitrogens with zero attached hydrogens (tertiary/aromatic N) is 6. The minimum atomic E-state index is -1.59. The fourth-order valence-corrected chi connectivity index (χ4v) is 4.94. The van der Waals surface area contributed by atoms with Crippen molar-refractivity contribution >= 4 is 0 Å². The summed E-state index contributed by atoms with van der Waals surface area (Å²) in [7, 11) is 1.44. The van der Waals surface area contributed by atoms with Crippen LogP contribution in [0.5, 0.6) is 0 Å². The van der Waals surface area contributed by atoms with Crippen molar-refractivity contribution in [3.63, 3.8) is 0 Å². The van der Waals surface area contributed by atoms with E-state index in [0.717, 1.165) is 30.7 Å².